The van der Waals surface area contributed by atoms with Crippen LogP contribution < -0.4 is 0 Å². The molecule has 3 nitrogen and oxygen atoms in total. The van der Waals surface area contributed by atoms with Crippen LogP contribution in [0.5, 0.6) is 0 Å². The topological polar surface area (TPSA) is 43.4 Å². The van der Waals surface area contributed by atoms with Crippen molar-refractivity contribution in [3.8, 4) is 0 Å². The van der Waals surface area contributed by atoms with Gasteiger partial charge in [-0.1, -0.05) is 0 Å². The van der Waals surface area contributed by atoms with Gasteiger partial charge >= 0.3 is 5.97 Å². The molecule has 0 saturated heterocycles. The number of hydrogen-bond donors (Lipinski definition) is 0. The summed E-state index contributed by atoms with van der Waals surface area (Å²) < 4.78 is 4.83. The molecule has 0 aromatic rings. The molecule has 0 aliphatic heterocycles. The summed E-state index contributed by atoms with van der Waals surface area (Å²) in [6.07, 6.45) is 3.60. The lowest BCUT2D eigenvalue weighted by molar-refractivity contribution is -0.144. The highest BCUT2D eigenvalue weighted by Crippen LogP contribution is 2.24. The maximum absolute atomic E-state index is 11.1. The smallest absolute Gasteiger partial charge is 0.306 e. The fourth-order valence-corrected chi connectivity index (χ4v) is 1.74. The largest absolute Gasteiger partial charge is 0.466 e. The zero-order valence-electron chi connectivity index (χ0n) is 8.04. The van der Waals surface area contributed by atoms with E-state index in [1.165, 1.54) is 0 Å². The second-order valence-corrected chi connectivity index (χ2v) is 3.51. The molecular weight excluding hydrogens is 168 g/mol. The predicted molar refractivity (Wildman–Crippen MR) is 48.2 cm³/mol. The first-order valence-electron chi connectivity index (χ1n) is 4.89. The summed E-state index contributed by atoms with van der Waals surface area (Å²) in [6, 6.07) is 0. The van der Waals surface area contributed by atoms with Crippen molar-refractivity contribution < 1.29 is 14.3 Å². The zero-order valence-corrected chi connectivity index (χ0v) is 8.04. The molecule has 0 unspecified atom stereocenters. The van der Waals surface area contributed by atoms with Crippen LogP contribution in [0.1, 0.15) is 39.0 Å². The van der Waals surface area contributed by atoms with E-state index in [2.05, 4.69) is 0 Å². The van der Waals surface area contributed by atoms with Crippen LogP contribution in [0.15, 0.2) is 0 Å². The van der Waals surface area contributed by atoms with E-state index < -0.39 is 0 Å². The van der Waals surface area contributed by atoms with Crippen molar-refractivity contribution >= 4 is 11.8 Å². The number of ketones is 1. The van der Waals surface area contributed by atoms with Gasteiger partial charge in [0.1, 0.15) is 5.78 Å². The molecule has 0 radical (unpaired) electrons. The van der Waals surface area contributed by atoms with E-state index in [0.717, 1.165) is 12.8 Å². The quantitative estimate of drug-likeness (QED) is 0.627. The lowest BCUT2D eigenvalue weighted by Crippen LogP contribution is -2.19. The molecule has 1 aliphatic rings. The molecule has 1 aliphatic carbocycles. The van der Waals surface area contributed by atoms with Gasteiger partial charge in [0.25, 0.3) is 0 Å². The molecule has 0 aromatic carbocycles. The summed E-state index contributed by atoms with van der Waals surface area (Å²) >= 11 is 0. The van der Waals surface area contributed by atoms with Gasteiger partial charge in [-0.25, -0.2) is 0 Å². The van der Waals surface area contributed by atoms with E-state index in [-0.39, 0.29) is 11.9 Å². The highest BCUT2D eigenvalue weighted by molar-refractivity contribution is 5.80. The van der Waals surface area contributed by atoms with Gasteiger partial charge < -0.3 is 4.74 Å². The fourth-order valence-electron chi connectivity index (χ4n) is 1.74. The van der Waals surface area contributed by atoms with E-state index in [0.29, 0.717) is 31.7 Å². The third kappa shape index (κ3) is 3.57. The summed E-state index contributed by atoms with van der Waals surface area (Å²) in [7, 11) is 0. The number of ether oxygens (including phenoxy) is 1. The van der Waals surface area contributed by atoms with Crippen molar-refractivity contribution in [1.29, 1.82) is 0 Å². The Labute approximate surface area is 78.5 Å². The van der Waals surface area contributed by atoms with Crippen LogP contribution >= 0.6 is 0 Å². The van der Waals surface area contributed by atoms with Crippen LogP contribution in [0.4, 0.5) is 0 Å². The Hall–Kier alpha value is -0.860. The SMILES string of the molecule is CCOC(=O)C[C@@H]1CCCC(=O)C1. The Morgan fingerprint density at radius 3 is 3.00 bits per heavy atom. The van der Waals surface area contributed by atoms with Gasteiger partial charge in [0, 0.05) is 19.3 Å². The van der Waals surface area contributed by atoms with E-state index >= 15 is 0 Å². The molecule has 0 bridgehead atoms. The van der Waals surface area contributed by atoms with Crippen molar-refractivity contribution in [2.75, 3.05) is 6.61 Å². The van der Waals surface area contributed by atoms with Crippen molar-refractivity contribution in [2.45, 2.75) is 39.0 Å². The molecule has 74 valence electrons. The summed E-state index contributed by atoms with van der Waals surface area (Å²) in [4.78, 5) is 22.1. The molecule has 0 amide bonds. The molecule has 0 aromatic heterocycles. The van der Waals surface area contributed by atoms with Crippen molar-refractivity contribution in [1.82, 2.24) is 0 Å². The molecule has 13 heavy (non-hydrogen) atoms. The predicted octanol–water partition coefficient (Wildman–Crippen LogP) is 1.70. The second-order valence-electron chi connectivity index (χ2n) is 3.51. The number of carbonyl (C=O) groups excluding carboxylic acids is 2. The lowest BCUT2D eigenvalue weighted by atomic mass is 9.86. The molecule has 0 heterocycles. The van der Waals surface area contributed by atoms with E-state index in [4.69, 9.17) is 4.74 Å². The molecule has 1 rings (SSSR count). The van der Waals surface area contributed by atoms with Crippen LogP contribution in [0.2, 0.25) is 0 Å². The van der Waals surface area contributed by atoms with Crippen molar-refractivity contribution in [3.63, 3.8) is 0 Å². The average Bonchev–Trinajstić information content (AvgIpc) is 2.04. The van der Waals surface area contributed by atoms with Crippen LogP contribution in [0.25, 0.3) is 0 Å². The van der Waals surface area contributed by atoms with Crippen LogP contribution in [0, 0.1) is 5.92 Å². The third-order valence-corrected chi connectivity index (χ3v) is 2.35. The Morgan fingerprint density at radius 1 is 1.62 bits per heavy atom. The molecule has 1 fully saturated rings. The van der Waals surface area contributed by atoms with Gasteiger partial charge in [-0.15, -0.1) is 0 Å². The minimum Gasteiger partial charge on any atom is -0.466 e. The van der Waals surface area contributed by atoms with Gasteiger partial charge in [0.2, 0.25) is 0 Å². The second kappa shape index (κ2) is 5.00. The lowest BCUT2D eigenvalue weighted by Gasteiger charge is -2.19. The van der Waals surface area contributed by atoms with Crippen molar-refractivity contribution in [3.05, 3.63) is 0 Å². The Bertz CT molecular complexity index is 198. The molecule has 0 spiro atoms. The summed E-state index contributed by atoms with van der Waals surface area (Å²) in [6.45, 7) is 2.23. The van der Waals surface area contributed by atoms with Crippen LogP contribution in [-0.4, -0.2) is 18.4 Å². The fraction of sp³-hybridized carbons (Fsp3) is 0.800. The molecule has 1 atom stereocenters. The standard InChI is InChI=1S/C10H16O3/c1-2-13-10(12)7-8-4-3-5-9(11)6-8/h8H,2-7H2,1H3/t8-/m1/s1. The van der Waals surface area contributed by atoms with E-state index in [9.17, 15) is 9.59 Å². The Kier molecular flexibility index (Phi) is 3.93. The average molecular weight is 184 g/mol. The van der Waals surface area contributed by atoms with Gasteiger partial charge in [0.15, 0.2) is 0 Å². The Balaban J connectivity index is 2.27. The maximum atomic E-state index is 11.1. The van der Waals surface area contributed by atoms with Crippen LogP contribution in [0.3, 0.4) is 0 Å². The normalized spacial score (nSPS) is 22.8. The van der Waals surface area contributed by atoms with Gasteiger partial charge in [-0.3, -0.25) is 9.59 Å². The van der Waals surface area contributed by atoms with E-state index in [1.54, 1.807) is 6.92 Å². The van der Waals surface area contributed by atoms with Crippen LogP contribution in [-0.2, 0) is 14.3 Å². The minimum absolute atomic E-state index is 0.165. The molecule has 3 heteroatoms. The first-order chi connectivity index (χ1) is 6.22. The van der Waals surface area contributed by atoms with Crippen molar-refractivity contribution in [2.24, 2.45) is 5.92 Å². The highest BCUT2D eigenvalue weighted by Gasteiger charge is 2.22. The van der Waals surface area contributed by atoms with Gasteiger partial charge in [-0.2, -0.15) is 0 Å². The third-order valence-electron chi connectivity index (χ3n) is 2.35. The van der Waals surface area contributed by atoms with E-state index in [1.807, 2.05) is 0 Å². The van der Waals surface area contributed by atoms with Gasteiger partial charge in [-0.05, 0) is 25.7 Å². The monoisotopic (exact) mass is 184 g/mol. The highest BCUT2D eigenvalue weighted by atomic mass is 16.5. The zero-order chi connectivity index (χ0) is 9.68. The molecule has 0 N–H and O–H groups in total. The first-order valence-corrected chi connectivity index (χ1v) is 4.89. The first kappa shape index (κ1) is 10.2. The number of Topliss-reactive ketones (excluding diaryl/α,β-unsaturated/α-hetero) is 1. The number of hydrogen-bond acceptors (Lipinski definition) is 3. The summed E-state index contributed by atoms with van der Waals surface area (Å²) in [5.74, 6) is 0.364. The molecular formula is C10H16O3. The number of esters is 1. The number of carbonyl (C=O) groups is 2. The maximum Gasteiger partial charge on any atom is 0.306 e. The Morgan fingerprint density at radius 2 is 2.38 bits per heavy atom. The molecule has 1 saturated carbocycles. The minimum atomic E-state index is -0.165. The summed E-state index contributed by atoms with van der Waals surface area (Å²) in [5.41, 5.74) is 0. The number of rotatable bonds is 3. The summed E-state index contributed by atoms with van der Waals surface area (Å²) in [5, 5.41) is 0. The van der Waals surface area contributed by atoms with Gasteiger partial charge in [0.05, 0.1) is 6.61 Å².